The Morgan fingerprint density at radius 2 is 1.88 bits per heavy atom. The summed E-state index contributed by atoms with van der Waals surface area (Å²) in [5.41, 5.74) is 3.08. The number of anilines is 1. The van der Waals surface area contributed by atoms with Crippen LogP contribution in [-0.2, 0) is 4.79 Å². The molecule has 2 aliphatic rings. The van der Waals surface area contributed by atoms with Gasteiger partial charge in [-0.05, 0) is 72.4 Å². The van der Waals surface area contributed by atoms with E-state index < -0.39 is 6.04 Å². The van der Waals surface area contributed by atoms with Gasteiger partial charge in [0, 0.05) is 17.3 Å². The first kappa shape index (κ1) is 20.4. The van der Waals surface area contributed by atoms with Gasteiger partial charge in [-0.15, -0.1) is 5.10 Å². The van der Waals surface area contributed by atoms with Crippen LogP contribution >= 0.6 is 0 Å². The molecule has 164 valence electrons. The first-order valence-corrected chi connectivity index (χ1v) is 11.1. The van der Waals surface area contributed by atoms with Crippen molar-refractivity contribution in [1.29, 1.82) is 0 Å². The molecule has 5 rings (SSSR count). The molecule has 3 unspecified atom stereocenters. The Balaban J connectivity index is 1.41. The van der Waals surface area contributed by atoms with Gasteiger partial charge in [-0.2, -0.15) is 0 Å². The molecule has 1 saturated carbocycles. The molecule has 0 spiro atoms. The zero-order valence-electron chi connectivity index (χ0n) is 18.0. The third-order valence-corrected chi connectivity index (χ3v) is 6.72. The molecule has 3 aromatic rings. The number of amides is 2. The van der Waals surface area contributed by atoms with E-state index in [2.05, 4.69) is 20.8 Å². The van der Waals surface area contributed by atoms with Crippen molar-refractivity contribution in [3.8, 4) is 5.69 Å². The van der Waals surface area contributed by atoms with Crippen LogP contribution in [0.15, 0.2) is 54.9 Å². The fourth-order valence-corrected chi connectivity index (χ4v) is 5.15. The molecular weight excluding hydrogens is 404 g/mol. The number of nitrogens with one attached hydrogen (secondary N) is 1. The molecule has 0 bridgehead atoms. The van der Waals surface area contributed by atoms with Crippen LogP contribution in [0.5, 0.6) is 0 Å². The lowest BCUT2D eigenvalue weighted by Gasteiger charge is -2.33. The number of hydrogen-bond donors (Lipinski definition) is 1. The average Bonchev–Trinajstić information content (AvgIpc) is 3.49. The summed E-state index contributed by atoms with van der Waals surface area (Å²) in [4.78, 5) is 28.7. The van der Waals surface area contributed by atoms with Crippen molar-refractivity contribution in [3.05, 3.63) is 66.0 Å². The van der Waals surface area contributed by atoms with E-state index in [1.165, 1.54) is 6.33 Å². The number of rotatable bonds is 4. The normalized spacial score (nSPS) is 22.4. The summed E-state index contributed by atoms with van der Waals surface area (Å²) in [6.07, 6.45) is 6.52. The summed E-state index contributed by atoms with van der Waals surface area (Å²) in [5.74, 6) is 0.176. The Hall–Kier alpha value is -3.55. The van der Waals surface area contributed by atoms with Gasteiger partial charge in [-0.25, -0.2) is 4.68 Å². The first-order chi connectivity index (χ1) is 15.6. The van der Waals surface area contributed by atoms with Crippen molar-refractivity contribution < 1.29 is 9.59 Å². The Kier molecular flexibility index (Phi) is 5.43. The molecule has 2 fully saturated rings. The molecule has 1 N–H and O–H groups in total. The van der Waals surface area contributed by atoms with Gasteiger partial charge in [0.2, 0.25) is 5.91 Å². The van der Waals surface area contributed by atoms with Gasteiger partial charge in [0.05, 0.1) is 5.69 Å². The highest BCUT2D eigenvalue weighted by atomic mass is 16.2. The second-order valence-corrected chi connectivity index (χ2v) is 8.69. The van der Waals surface area contributed by atoms with Crippen LogP contribution in [0.4, 0.5) is 5.69 Å². The number of fused-ring (bicyclic) bond motifs is 1. The van der Waals surface area contributed by atoms with Crippen LogP contribution in [0.1, 0.15) is 48.0 Å². The molecule has 32 heavy (non-hydrogen) atoms. The summed E-state index contributed by atoms with van der Waals surface area (Å²) >= 11 is 0. The Morgan fingerprint density at radius 3 is 2.66 bits per heavy atom. The lowest BCUT2D eigenvalue weighted by Crippen LogP contribution is -2.47. The number of nitrogens with zero attached hydrogens (tertiary/aromatic N) is 5. The van der Waals surface area contributed by atoms with E-state index in [4.69, 9.17) is 0 Å². The zero-order chi connectivity index (χ0) is 22.1. The number of benzene rings is 2. The van der Waals surface area contributed by atoms with Crippen molar-refractivity contribution in [2.45, 2.75) is 51.1 Å². The highest BCUT2D eigenvalue weighted by Gasteiger charge is 2.47. The van der Waals surface area contributed by atoms with E-state index in [-0.39, 0.29) is 17.9 Å². The number of carbonyl (C=O) groups excluding carboxylic acids is 2. The van der Waals surface area contributed by atoms with Gasteiger partial charge in [0.1, 0.15) is 12.4 Å². The molecule has 2 aromatic carbocycles. The molecule has 1 aromatic heterocycles. The Bertz CT molecular complexity index is 1110. The van der Waals surface area contributed by atoms with Crippen molar-refractivity contribution >= 4 is 17.5 Å². The fourth-order valence-electron chi connectivity index (χ4n) is 5.15. The van der Waals surface area contributed by atoms with E-state index in [1.54, 1.807) is 4.68 Å². The van der Waals surface area contributed by atoms with Crippen LogP contribution in [0.2, 0.25) is 0 Å². The third kappa shape index (κ3) is 3.77. The molecule has 2 heterocycles. The topological polar surface area (TPSA) is 93.0 Å². The average molecular weight is 431 g/mol. The maximum absolute atomic E-state index is 13.4. The van der Waals surface area contributed by atoms with Crippen molar-refractivity contribution in [3.63, 3.8) is 0 Å². The van der Waals surface area contributed by atoms with Gasteiger partial charge in [0.25, 0.3) is 5.91 Å². The molecule has 8 heteroatoms. The Labute approximate surface area is 186 Å². The maximum atomic E-state index is 13.4. The molecule has 0 radical (unpaired) electrons. The minimum Gasteiger partial charge on any atom is -0.324 e. The molecule has 3 atom stereocenters. The van der Waals surface area contributed by atoms with E-state index in [1.807, 2.05) is 60.4 Å². The van der Waals surface area contributed by atoms with Crippen molar-refractivity contribution in [1.82, 2.24) is 25.1 Å². The molecule has 2 amide bonds. The van der Waals surface area contributed by atoms with E-state index in [0.29, 0.717) is 23.6 Å². The zero-order valence-corrected chi connectivity index (χ0v) is 18.0. The molecule has 1 saturated heterocycles. The summed E-state index contributed by atoms with van der Waals surface area (Å²) in [6.45, 7) is 1.96. The van der Waals surface area contributed by atoms with Gasteiger partial charge in [0.15, 0.2) is 0 Å². The maximum Gasteiger partial charge on any atom is 0.254 e. The van der Waals surface area contributed by atoms with E-state index in [9.17, 15) is 9.59 Å². The minimum atomic E-state index is -0.478. The molecule has 1 aliphatic carbocycles. The van der Waals surface area contributed by atoms with Crippen LogP contribution < -0.4 is 5.32 Å². The molecule has 8 nitrogen and oxygen atoms in total. The fraction of sp³-hybridized carbons (Fsp3) is 0.375. The highest BCUT2D eigenvalue weighted by molar-refractivity contribution is 6.02. The number of tetrazole rings is 1. The predicted octanol–water partition coefficient (Wildman–Crippen LogP) is 3.38. The van der Waals surface area contributed by atoms with Gasteiger partial charge < -0.3 is 10.2 Å². The smallest absolute Gasteiger partial charge is 0.254 e. The third-order valence-electron chi connectivity index (χ3n) is 6.72. The quantitative estimate of drug-likeness (QED) is 0.685. The summed E-state index contributed by atoms with van der Waals surface area (Å²) in [6, 6.07) is 14.6. The van der Waals surface area contributed by atoms with Crippen molar-refractivity contribution in [2.75, 3.05) is 5.32 Å². The van der Waals surface area contributed by atoms with Gasteiger partial charge in [-0.1, -0.05) is 37.1 Å². The van der Waals surface area contributed by atoms with Crippen molar-refractivity contribution in [2.24, 2.45) is 5.92 Å². The number of likely N-dealkylation sites (tertiary alicyclic amines) is 1. The van der Waals surface area contributed by atoms with Gasteiger partial charge in [-0.3, -0.25) is 9.59 Å². The van der Waals surface area contributed by atoms with Gasteiger partial charge >= 0.3 is 0 Å². The molecular formula is C24H26N6O2. The van der Waals surface area contributed by atoms with Crippen LogP contribution in [0.3, 0.4) is 0 Å². The van der Waals surface area contributed by atoms with E-state index >= 15 is 0 Å². The SMILES string of the molecule is Cc1ccc(NC(=O)C2CC3CCCCC3N2C(=O)c2ccccc2)cc1-n1cnnn1. The summed E-state index contributed by atoms with van der Waals surface area (Å²) < 4.78 is 1.57. The van der Waals surface area contributed by atoms with Crippen LogP contribution in [-0.4, -0.2) is 49.0 Å². The highest BCUT2D eigenvalue weighted by Crippen LogP contribution is 2.41. The number of aryl methyl sites for hydroxylation is 1. The predicted molar refractivity (Wildman–Crippen MR) is 119 cm³/mol. The first-order valence-electron chi connectivity index (χ1n) is 11.1. The van der Waals surface area contributed by atoms with Crippen LogP contribution in [0, 0.1) is 12.8 Å². The number of hydrogen-bond acceptors (Lipinski definition) is 5. The second kappa shape index (κ2) is 8.53. The van der Waals surface area contributed by atoms with Crippen LogP contribution in [0.25, 0.3) is 5.69 Å². The minimum absolute atomic E-state index is 0.0570. The lowest BCUT2D eigenvalue weighted by molar-refractivity contribution is -0.120. The monoisotopic (exact) mass is 430 g/mol. The standard InChI is InChI=1S/C24H26N6O2/c1-16-11-12-19(14-21(16)29-15-25-27-28-29)26-23(31)22-13-18-9-5-6-10-20(18)30(22)24(32)17-7-3-2-4-8-17/h2-4,7-8,11-12,14-15,18,20,22H,5-6,9-10,13H2,1H3,(H,26,31). The lowest BCUT2D eigenvalue weighted by atomic mass is 9.84. The largest absolute Gasteiger partial charge is 0.324 e. The molecule has 1 aliphatic heterocycles. The second-order valence-electron chi connectivity index (χ2n) is 8.69. The van der Waals surface area contributed by atoms with E-state index in [0.717, 1.165) is 36.9 Å². The summed E-state index contributed by atoms with van der Waals surface area (Å²) in [7, 11) is 0. The number of aromatic nitrogens is 4. The number of carbonyl (C=O) groups is 2. The summed E-state index contributed by atoms with van der Waals surface area (Å²) in [5, 5.41) is 14.4. The Morgan fingerprint density at radius 1 is 1.06 bits per heavy atom.